The molecule has 0 unspecified atom stereocenters. The highest BCUT2D eigenvalue weighted by molar-refractivity contribution is 4.83. The Bertz CT molecular complexity index is 341. The summed E-state index contributed by atoms with van der Waals surface area (Å²) in [7, 11) is 0. The quantitative estimate of drug-likeness (QED) is 0.380. The summed E-state index contributed by atoms with van der Waals surface area (Å²) in [5, 5.41) is 0. The van der Waals surface area contributed by atoms with E-state index in [0.717, 1.165) is 6.54 Å². The molecule has 0 aliphatic heterocycles. The normalized spacial score (nSPS) is 11.2. The molecule has 116 valence electrons. The van der Waals surface area contributed by atoms with E-state index in [-0.39, 0.29) is 0 Å². The van der Waals surface area contributed by atoms with Crippen molar-refractivity contribution in [2.24, 2.45) is 0 Å². The first-order valence-corrected chi connectivity index (χ1v) is 8.90. The Morgan fingerprint density at radius 2 is 1.50 bits per heavy atom. The number of hydrogen-bond acceptors (Lipinski definition) is 0. The molecule has 2 nitrogen and oxygen atoms in total. The largest absolute Gasteiger partial charge is 0.256 e. The zero-order chi connectivity index (χ0) is 14.6. The van der Waals surface area contributed by atoms with E-state index in [2.05, 4.69) is 42.3 Å². The minimum absolute atomic E-state index is 1.10. The van der Waals surface area contributed by atoms with Gasteiger partial charge in [-0.05, 0) is 26.2 Å². The molecule has 0 aliphatic carbocycles. The van der Waals surface area contributed by atoms with E-state index in [0.29, 0.717) is 0 Å². The van der Waals surface area contributed by atoms with Gasteiger partial charge in [-0.25, -0.2) is 9.13 Å². The van der Waals surface area contributed by atoms with Crippen LogP contribution in [-0.4, -0.2) is 4.57 Å². The number of rotatable bonds is 12. The predicted molar refractivity (Wildman–Crippen MR) is 86.9 cm³/mol. The summed E-state index contributed by atoms with van der Waals surface area (Å²) in [6.45, 7) is 9.12. The lowest BCUT2D eigenvalue weighted by Gasteiger charge is -2.04. The van der Waals surface area contributed by atoms with Gasteiger partial charge in [0, 0.05) is 6.42 Å². The number of nitrogens with zero attached hydrogens (tertiary/aromatic N) is 2. The van der Waals surface area contributed by atoms with Crippen LogP contribution in [0.3, 0.4) is 0 Å². The van der Waals surface area contributed by atoms with Crippen LogP contribution in [0, 0.1) is 0 Å². The predicted octanol–water partition coefficient (Wildman–Crippen LogP) is 4.89. The molecule has 0 radical (unpaired) electrons. The molecule has 0 bridgehead atoms. The van der Waals surface area contributed by atoms with Crippen molar-refractivity contribution in [3.63, 3.8) is 0 Å². The van der Waals surface area contributed by atoms with E-state index >= 15 is 0 Å². The smallest absolute Gasteiger partial charge is 0.235 e. The monoisotopic (exact) mass is 279 g/mol. The first-order chi connectivity index (χ1) is 9.83. The van der Waals surface area contributed by atoms with Crippen LogP contribution in [0.5, 0.6) is 0 Å². The van der Waals surface area contributed by atoms with Gasteiger partial charge in [0.25, 0.3) is 5.82 Å². The van der Waals surface area contributed by atoms with Gasteiger partial charge in [0.2, 0.25) is 0 Å². The van der Waals surface area contributed by atoms with Gasteiger partial charge in [0.1, 0.15) is 12.4 Å². The van der Waals surface area contributed by atoms with Crippen LogP contribution in [0.15, 0.2) is 12.4 Å². The lowest BCUT2D eigenvalue weighted by molar-refractivity contribution is -0.704. The molecular weight excluding hydrogens is 244 g/mol. The molecule has 1 rings (SSSR count). The zero-order valence-corrected chi connectivity index (χ0v) is 14.0. The molecule has 1 aromatic rings. The summed E-state index contributed by atoms with van der Waals surface area (Å²) in [5.41, 5.74) is 0. The second kappa shape index (κ2) is 10.9. The van der Waals surface area contributed by atoms with Crippen LogP contribution in [0.2, 0.25) is 0 Å². The second-order valence-corrected chi connectivity index (χ2v) is 5.92. The number of hydrogen-bond donors (Lipinski definition) is 0. The molecule has 0 atom stereocenters. The van der Waals surface area contributed by atoms with Crippen molar-refractivity contribution >= 4 is 0 Å². The van der Waals surface area contributed by atoms with Gasteiger partial charge in [-0.2, -0.15) is 0 Å². The van der Waals surface area contributed by atoms with Crippen molar-refractivity contribution in [2.75, 3.05) is 0 Å². The minimum Gasteiger partial charge on any atom is -0.235 e. The Labute approximate surface area is 126 Å². The van der Waals surface area contributed by atoms with Gasteiger partial charge in [-0.1, -0.05) is 52.4 Å². The van der Waals surface area contributed by atoms with E-state index < -0.39 is 0 Å². The van der Waals surface area contributed by atoms with E-state index in [9.17, 15) is 0 Å². The van der Waals surface area contributed by atoms with Crippen molar-refractivity contribution < 1.29 is 4.57 Å². The lowest BCUT2D eigenvalue weighted by atomic mass is 10.1. The number of aromatic nitrogens is 2. The summed E-state index contributed by atoms with van der Waals surface area (Å²) < 4.78 is 4.92. The Kier molecular flexibility index (Phi) is 9.44. The number of imidazole rings is 1. The summed E-state index contributed by atoms with van der Waals surface area (Å²) in [6.07, 6.45) is 18.1. The molecule has 0 aliphatic rings. The van der Waals surface area contributed by atoms with E-state index in [1.807, 2.05) is 0 Å². The highest BCUT2D eigenvalue weighted by Crippen LogP contribution is 2.09. The standard InChI is InChI=1S/C18H35N2/c1-4-7-9-10-11-12-14-18-19(6-3)16-17-20(18)15-13-8-5-2/h16-17H,4-15H2,1-3H3/q+1. The van der Waals surface area contributed by atoms with Crippen molar-refractivity contribution in [1.29, 1.82) is 0 Å². The van der Waals surface area contributed by atoms with Crippen LogP contribution in [0.1, 0.15) is 84.4 Å². The van der Waals surface area contributed by atoms with Gasteiger partial charge in [-0.3, -0.25) is 0 Å². The summed E-state index contributed by atoms with van der Waals surface area (Å²) >= 11 is 0. The minimum atomic E-state index is 1.10. The summed E-state index contributed by atoms with van der Waals surface area (Å²) in [5.74, 6) is 1.54. The zero-order valence-electron chi connectivity index (χ0n) is 14.0. The van der Waals surface area contributed by atoms with Gasteiger partial charge in [0.15, 0.2) is 0 Å². The van der Waals surface area contributed by atoms with Crippen LogP contribution >= 0.6 is 0 Å². The summed E-state index contributed by atoms with van der Waals surface area (Å²) in [4.78, 5) is 0. The molecule has 0 saturated carbocycles. The average Bonchev–Trinajstić information content (AvgIpc) is 2.85. The van der Waals surface area contributed by atoms with Crippen molar-refractivity contribution in [3.05, 3.63) is 18.2 Å². The molecule has 0 spiro atoms. The summed E-state index contributed by atoms with van der Waals surface area (Å²) in [6, 6.07) is 0. The Hall–Kier alpha value is -0.790. The average molecular weight is 279 g/mol. The molecule has 2 heteroatoms. The lowest BCUT2D eigenvalue weighted by Crippen LogP contribution is -2.37. The number of aryl methyl sites for hydroxylation is 2. The Morgan fingerprint density at radius 3 is 2.20 bits per heavy atom. The van der Waals surface area contributed by atoms with E-state index in [4.69, 9.17) is 0 Å². The van der Waals surface area contributed by atoms with E-state index in [1.54, 1.807) is 5.82 Å². The second-order valence-electron chi connectivity index (χ2n) is 5.92. The van der Waals surface area contributed by atoms with E-state index in [1.165, 1.54) is 70.8 Å². The van der Waals surface area contributed by atoms with Gasteiger partial charge in [-0.15, -0.1) is 0 Å². The molecular formula is C18H35N2+. The third-order valence-corrected chi connectivity index (χ3v) is 4.19. The van der Waals surface area contributed by atoms with Crippen LogP contribution in [0.25, 0.3) is 0 Å². The van der Waals surface area contributed by atoms with Gasteiger partial charge < -0.3 is 0 Å². The highest BCUT2D eigenvalue weighted by Gasteiger charge is 2.14. The third-order valence-electron chi connectivity index (χ3n) is 4.19. The van der Waals surface area contributed by atoms with Gasteiger partial charge >= 0.3 is 0 Å². The van der Waals surface area contributed by atoms with Gasteiger partial charge in [0.05, 0.1) is 13.1 Å². The molecule has 0 N–H and O–H groups in total. The highest BCUT2D eigenvalue weighted by atomic mass is 15.1. The number of unbranched alkanes of at least 4 members (excludes halogenated alkanes) is 7. The molecule has 0 aromatic carbocycles. The molecule has 1 heterocycles. The topological polar surface area (TPSA) is 8.81 Å². The maximum absolute atomic E-state index is 2.49. The SMILES string of the molecule is CCCCCCCCc1n(CC)cc[n+]1CCCCC. The molecule has 20 heavy (non-hydrogen) atoms. The fourth-order valence-corrected chi connectivity index (χ4v) is 2.87. The molecule has 1 aromatic heterocycles. The maximum atomic E-state index is 2.49. The first-order valence-electron chi connectivity index (χ1n) is 8.90. The molecule has 0 amide bonds. The van der Waals surface area contributed by atoms with Crippen LogP contribution in [0.4, 0.5) is 0 Å². The maximum Gasteiger partial charge on any atom is 0.256 e. The van der Waals surface area contributed by atoms with Crippen molar-refractivity contribution in [3.8, 4) is 0 Å². The van der Waals surface area contributed by atoms with Crippen molar-refractivity contribution in [2.45, 2.75) is 98.1 Å². The fraction of sp³-hybridized carbons (Fsp3) is 0.833. The Morgan fingerprint density at radius 1 is 0.850 bits per heavy atom. The first kappa shape index (κ1) is 17.3. The molecule has 0 saturated heterocycles. The Balaban J connectivity index is 2.38. The molecule has 0 fully saturated rings. The van der Waals surface area contributed by atoms with Crippen molar-refractivity contribution in [1.82, 2.24) is 4.57 Å². The fourth-order valence-electron chi connectivity index (χ4n) is 2.87. The van der Waals surface area contributed by atoms with Crippen LogP contribution < -0.4 is 4.57 Å². The van der Waals surface area contributed by atoms with Crippen LogP contribution in [-0.2, 0) is 19.5 Å². The third kappa shape index (κ3) is 6.11.